The van der Waals surface area contributed by atoms with Crippen molar-refractivity contribution in [1.29, 1.82) is 0 Å². The van der Waals surface area contributed by atoms with E-state index in [-0.39, 0.29) is 0 Å². The van der Waals surface area contributed by atoms with Crippen molar-refractivity contribution in [1.82, 2.24) is 9.97 Å². The Morgan fingerprint density at radius 3 is 2.16 bits per heavy atom. The van der Waals surface area contributed by atoms with E-state index < -0.39 is 0 Å². The third-order valence-corrected chi connectivity index (χ3v) is 6.11. The van der Waals surface area contributed by atoms with Crippen LogP contribution < -0.4 is 0 Å². The van der Waals surface area contributed by atoms with Crippen molar-refractivity contribution in [2.24, 2.45) is 0 Å². The monoisotopic (exact) mass is 476 g/mol. The molecule has 2 heterocycles. The van der Waals surface area contributed by atoms with E-state index in [0.29, 0.717) is 5.82 Å². The molecule has 6 rings (SSSR count). The fourth-order valence-electron chi connectivity index (χ4n) is 4.06. The van der Waals surface area contributed by atoms with Crippen LogP contribution in [0.3, 0.4) is 0 Å². The lowest BCUT2D eigenvalue weighted by atomic mass is 10.0. The van der Waals surface area contributed by atoms with Crippen molar-refractivity contribution < 1.29 is 4.42 Å². The first-order chi connectivity index (χ1) is 15.8. The lowest BCUT2D eigenvalue weighted by Crippen LogP contribution is -1.96. The van der Waals surface area contributed by atoms with Crippen molar-refractivity contribution in [2.45, 2.75) is 0 Å². The second-order valence-electron chi connectivity index (χ2n) is 7.61. The summed E-state index contributed by atoms with van der Waals surface area (Å²) >= 11 is 3.51. The van der Waals surface area contributed by atoms with Gasteiger partial charge in [0.05, 0.1) is 11.4 Å². The molecule has 2 aromatic heterocycles. The Hall–Kier alpha value is -3.76. The lowest BCUT2D eigenvalue weighted by molar-refractivity contribution is 0.669. The second kappa shape index (κ2) is 7.74. The quantitative estimate of drug-likeness (QED) is 0.258. The topological polar surface area (TPSA) is 38.9 Å². The van der Waals surface area contributed by atoms with E-state index in [2.05, 4.69) is 46.3 Å². The Morgan fingerprint density at radius 1 is 0.594 bits per heavy atom. The second-order valence-corrected chi connectivity index (χ2v) is 8.53. The van der Waals surface area contributed by atoms with Gasteiger partial charge in [-0.2, -0.15) is 0 Å². The highest BCUT2D eigenvalue weighted by Crippen LogP contribution is 2.37. The molecule has 4 heteroatoms. The molecule has 0 amide bonds. The van der Waals surface area contributed by atoms with Crippen LogP contribution in [-0.4, -0.2) is 9.97 Å². The van der Waals surface area contributed by atoms with E-state index in [4.69, 9.17) is 14.4 Å². The summed E-state index contributed by atoms with van der Waals surface area (Å²) in [6.07, 6.45) is 0. The number of para-hydroxylation sites is 1. The van der Waals surface area contributed by atoms with Gasteiger partial charge in [0.2, 0.25) is 0 Å². The van der Waals surface area contributed by atoms with E-state index >= 15 is 0 Å². The molecule has 4 aromatic carbocycles. The van der Waals surface area contributed by atoms with Crippen LogP contribution in [0.1, 0.15) is 0 Å². The molecule has 0 unspecified atom stereocenters. The maximum atomic E-state index is 6.11. The average molecular weight is 477 g/mol. The molecule has 152 valence electrons. The Bertz CT molecular complexity index is 1570. The summed E-state index contributed by atoms with van der Waals surface area (Å²) in [7, 11) is 0. The standard InChI is InChI=1S/C28H17BrN2O/c29-20-15-13-19(14-16-20)28-30-23(18-7-2-1-3-8-18)17-24(31-28)21-10-6-12-26-27(21)22-9-4-5-11-25(22)32-26/h1-17H. The first kappa shape index (κ1) is 19.0. The number of hydrogen-bond acceptors (Lipinski definition) is 3. The molecular formula is C28H17BrN2O. The molecule has 0 spiro atoms. The summed E-state index contributed by atoms with van der Waals surface area (Å²) < 4.78 is 7.13. The predicted octanol–water partition coefficient (Wildman–Crippen LogP) is 8.14. The van der Waals surface area contributed by atoms with Gasteiger partial charge in [-0.05, 0) is 30.3 Å². The van der Waals surface area contributed by atoms with Gasteiger partial charge >= 0.3 is 0 Å². The summed E-state index contributed by atoms with van der Waals surface area (Å²) in [6, 6.07) is 34.6. The van der Waals surface area contributed by atoms with Crippen LogP contribution in [0.5, 0.6) is 0 Å². The summed E-state index contributed by atoms with van der Waals surface area (Å²) in [6.45, 7) is 0. The maximum absolute atomic E-state index is 6.11. The highest BCUT2D eigenvalue weighted by Gasteiger charge is 2.16. The molecule has 0 bridgehead atoms. The van der Waals surface area contributed by atoms with Gasteiger partial charge in [0.25, 0.3) is 0 Å². The van der Waals surface area contributed by atoms with Crippen LogP contribution in [0.25, 0.3) is 55.8 Å². The minimum atomic E-state index is 0.693. The van der Waals surface area contributed by atoms with Crippen molar-refractivity contribution in [2.75, 3.05) is 0 Å². The highest BCUT2D eigenvalue weighted by atomic mass is 79.9. The molecular weight excluding hydrogens is 460 g/mol. The minimum absolute atomic E-state index is 0.693. The van der Waals surface area contributed by atoms with Crippen molar-refractivity contribution in [3.8, 4) is 33.9 Å². The summed E-state index contributed by atoms with van der Waals surface area (Å²) in [5, 5.41) is 2.16. The van der Waals surface area contributed by atoms with Crippen LogP contribution in [0.15, 0.2) is 112 Å². The van der Waals surface area contributed by atoms with E-state index in [9.17, 15) is 0 Å². The van der Waals surface area contributed by atoms with Crippen molar-refractivity contribution in [3.63, 3.8) is 0 Å². The van der Waals surface area contributed by atoms with Crippen LogP contribution in [0.2, 0.25) is 0 Å². The Balaban J connectivity index is 1.64. The zero-order valence-corrected chi connectivity index (χ0v) is 18.6. The molecule has 0 radical (unpaired) electrons. The lowest BCUT2D eigenvalue weighted by Gasteiger charge is -2.10. The van der Waals surface area contributed by atoms with Gasteiger partial charge in [0.1, 0.15) is 11.2 Å². The molecule has 0 aliphatic heterocycles. The van der Waals surface area contributed by atoms with E-state index in [1.165, 1.54) is 0 Å². The number of rotatable bonds is 3. The van der Waals surface area contributed by atoms with Crippen molar-refractivity contribution in [3.05, 3.63) is 108 Å². The van der Waals surface area contributed by atoms with Gasteiger partial charge < -0.3 is 4.42 Å². The Morgan fingerprint density at radius 2 is 1.31 bits per heavy atom. The predicted molar refractivity (Wildman–Crippen MR) is 133 cm³/mol. The van der Waals surface area contributed by atoms with E-state index in [0.717, 1.165) is 54.5 Å². The number of halogens is 1. The molecule has 0 saturated carbocycles. The normalized spacial score (nSPS) is 11.3. The third kappa shape index (κ3) is 3.29. The van der Waals surface area contributed by atoms with Crippen LogP contribution in [0, 0.1) is 0 Å². The number of furan rings is 1. The number of fused-ring (bicyclic) bond motifs is 3. The highest BCUT2D eigenvalue weighted by molar-refractivity contribution is 9.10. The van der Waals surface area contributed by atoms with Gasteiger partial charge in [0.15, 0.2) is 5.82 Å². The number of aromatic nitrogens is 2. The molecule has 0 atom stereocenters. The fourth-order valence-corrected chi connectivity index (χ4v) is 4.32. The molecule has 0 aliphatic rings. The number of benzene rings is 4. The van der Waals surface area contributed by atoms with E-state index in [1.54, 1.807) is 0 Å². The van der Waals surface area contributed by atoms with Gasteiger partial charge in [-0.3, -0.25) is 0 Å². The first-order valence-electron chi connectivity index (χ1n) is 10.4. The smallest absolute Gasteiger partial charge is 0.160 e. The van der Waals surface area contributed by atoms with Crippen LogP contribution in [0.4, 0.5) is 0 Å². The number of nitrogens with zero attached hydrogens (tertiary/aromatic N) is 2. The SMILES string of the molecule is Brc1ccc(-c2nc(-c3ccccc3)cc(-c3cccc4oc5ccccc5c34)n2)cc1. The molecule has 3 nitrogen and oxygen atoms in total. The fraction of sp³-hybridized carbons (Fsp3) is 0. The van der Waals surface area contributed by atoms with E-state index in [1.807, 2.05) is 72.8 Å². The Labute approximate surface area is 193 Å². The average Bonchev–Trinajstić information content (AvgIpc) is 3.24. The van der Waals surface area contributed by atoms with Gasteiger partial charge in [-0.15, -0.1) is 0 Å². The molecule has 32 heavy (non-hydrogen) atoms. The molecule has 0 N–H and O–H groups in total. The molecule has 0 saturated heterocycles. The summed E-state index contributed by atoms with van der Waals surface area (Å²) in [5.74, 6) is 0.693. The van der Waals surface area contributed by atoms with Crippen molar-refractivity contribution >= 4 is 37.9 Å². The molecule has 0 fully saturated rings. The van der Waals surface area contributed by atoms with Gasteiger partial charge in [-0.25, -0.2) is 9.97 Å². The van der Waals surface area contributed by atoms with Crippen LogP contribution >= 0.6 is 15.9 Å². The zero-order chi connectivity index (χ0) is 21.5. The Kier molecular flexibility index (Phi) is 4.58. The molecule has 0 aliphatic carbocycles. The third-order valence-electron chi connectivity index (χ3n) is 5.58. The van der Waals surface area contributed by atoms with Gasteiger partial charge in [0, 0.05) is 31.9 Å². The molecule has 6 aromatic rings. The summed E-state index contributed by atoms with van der Waals surface area (Å²) in [4.78, 5) is 9.91. The minimum Gasteiger partial charge on any atom is -0.456 e. The largest absolute Gasteiger partial charge is 0.456 e. The summed E-state index contributed by atoms with van der Waals surface area (Å²) in [5.41, 5.74) is 6.54. The maximum Gasteiger partial charge on any atom is 0.160 e. The van der Waals surface area contributed by atoms with Gasteiger partial charge in [-0.1, -0.05) is 88.7 Å². The van der Waals surface area contributed by atoms with Crippen LogP contribution in [-0.2, 0) is 0 Å². The number of hydrogen-bond donors (Lipinski definition) is 0. The zero-order valence-electron chi connectivity index (χ0n) is 17.0. The first-order valence-corrected chi connectivity index (χ1v) is 11.2.